The number of nitrogens with zero attached hydrogens (tertiary/aromatic N) is 2. The van der Waals surface area contributed by atoms with E-state index in [4.69, 9.17) is 9.47 Å². The molecule has 1 spiro atoms. The zero-order valence-electron chi connectivity index (χ0n) is 20.0. The lowest BCUT2D eigenvalue weighted by Crippen LogP contribution is -2.49. The average molecular weight is 457 g/mol. The lowest BCUT2D eigenvalue weighted by molar-refractivity contribution is -0.159. The molecule has 1 aliphatic carbocycles. The van der Waals surface area contributed by atoms with E-state index in [0.29, 0.717) is 32.5 Å². The van der Waals surface area contributed by atoms with Crippen molar-refractivity contribution in [2.24, 2.45) is 11.3 Å². The van der Waals surface area contributed by atoms with Crippen molar-refractivity contribution in [3.05, 3.63) is 35.9 Å². The summed E-state index contributed by atoms with van der Waals surface area (Å²) in [6.07, 6.45) is 4.91. The van der Waals surface area contributed by atoms with E-state index < -0.39 is 17.1 Å². The van der Waals surface area contributed by atoms with Crippen molar-refractivity contribution < 1.29 is 23.9 Å². The lowest BCUT2D eigenvalue weighted by Gasteiger charge is -2.32. The van der Waals surface area contributed by atoms with Crippen LogP contribution < -0.4 is 0 Å². The third kappa shape index (κ3) is 5.17. The number of hydrogen-bond acceptors (Lipinski definition) is 5. The Kier molecular flexibility index (Phi) is 6.68. The number of hydrogen-bond donors (Lipinski definition) is 0. The highest BCUT2D eigenvalue weighted by molar-refractivity contribution is 5.91. The Morgan fingerprint density at radius 3 is 2.42 bits per heavy atom. The van der Waals surface area contributed by atoms with E-state index >= 15 is 0 Å². The predicted octanol–water partition coefficient (Wildman–Crippen LogP) is 4.15. The first-order valence-corrected chi connectivity index (χ1v) is 12.2. The van der Waals surface area contributed by atoms with Crippen molar-refractivity contribution in [2.75, 3.05) is 19.6 Å². The van der Waals surface area contributed by atoms with Crippen LogP contribution in [0.2, 0.25) is 0 Å². The van der Waals surface area contributed by atoms with Crippen LogP contribution in [0.5, 0.6) is 0 Å². The van der Waals surface area contributed by atoms with Crippen LogP contribution >= 0.6 is 0 Å². The summed E-state index contributed by atoms with van der Waals surface area (Å²) in [4.78, 5) is 42.9. The number of amides is 2. The van der Waals surface area contributed by atoms with E-state index in [2.05, 4.69) is 0 Å². The third-order valence-corrected chi connectivity index (χ3v) is 7.20. The Labute approximate surface area is 196 Å². The van der Waals surface area contributed by atoms with Gasteiger partial charge in [0.2, 0.25) is 5.91 Å². The fraction of sp³-hybridized carbons (Fsp3) is 0.654. The highest BCUT2D eigenvalue weighted by atomic mass is 16.6. The highest BCUT2D eigenvalue weighted by Gasteiger charge is 2.55. The molecular weight excluding hydrogens is 420 g/mol. The minimum atomic E-state index is -0.618. The maximum Gasteiger partial charge on any atom is 0.410 e. The Bertz CT molecular complexity index is 874. The molecule has 1 aromatic carbocycles. The van der Waals surface area contributed by atoms with E-state index in [1.807, 2.05) is 51.1 Å². The molecule has 2 heterocycles. The van der Waals surface area contributed by atoms with Gasteiger partial charge in [0.1, 0.15) is 18.2 Å². The van der Waals surface area contributed by atoms with Crippen molar-refractivity contribution in [2.45, 2.75) is 77.5 Å². The van der Waals surface area contributed by atoms with Gasteiger partial charge in [0.25, 0.3) is 0 Å². The van der Waals surface area contributed by atoms with Crippen LogP contribution in [0.1, 0.15) is 64.9 Å². The van der Waals surface area contributed by atoms with Crippen molar-refractivity contribution in [3.63, 3.8) is 0 Å². The summed E-state index contributed by atoms with van der Waals surface area (Å²) < 4.78 is 11.2. The molecule has 0 aromatic heterocycles. The first-order chi connectivity index (χ1) is 15.7. The minimum absolute atomic E-state index is 0.0119. The normalized spacial score (nSPS) is 24.5. The van der Waals surface area contributed by atoms with Crippen molar-refractivity contribution in [1.29, 1.82) is 0 Å². The van der Waals surface area contributed by atoms with Gasteiger partial charge in [-0.05, 0) is 57.9 Å². The molecule has 180 valence electrons. The smallest absolute Gasteiger partial charge is 0.410 e. The van der Waals surface area contributed by atoms with Gasteiger partial charge in [-0.25, -0.2) is 9.59 Å². The maximum atomic E-state index is 13.7. The number of carbonyl (C=O) groups is 3. The van der Waals surface area contributed by atoms with E-state index in [1.165, 1.54) is 0 Å². The molecule has 1 unspecified atom stereocenters. The van der Waals surface area contributed by atoms with Gasteiger partial charge in [0.15, 0.2) is 0 Å². The molecule has 2 saturated heterocycles. The molecule has 0 radical (unpaired) electrons. The van der Waals surface area contributed by atoms with Crippen molar-refractivity contribution >= 4 is 18.0 Å². The van der Waals surface area contributed by atoms with Gasteiger partial charge in [-0.3, -0.25) is 4.79 Å². The Hall–Kier alpha value is -2.57. The molecule has 33 heavy (non-hydrogen) atoms. The van der Waals surface area contributed by atoms with Crippen LogP contribution in [-0.4, -0.2) is 59.0 Å². The van der Waals surface area contributed by atoms with Gasteiger partial charge in [0, 0.05) is 19.6 Å². The number of ether oxygens (including phenoxy) is 2. The fourth-order valence-electron chi connectivity index (χ4n) is 5.51. The van der Waals surface area contributed by atoms with Crippen LogP contribution in [0, 0.1) is 11.3 Å². The Morgan fingerprint density at radius 2 is 1.76 bits per heavy atom. The van der Waals surface area contributed by atoms with Crippen molar-refractivity contribution in [3.8, 4) is 0 Å². The number of carbonyl (C=O) groups excluding carboxylic acids is 3. The summed E-state index contributed by atoms with van der Waals surface area (Å²) in [6.45, 7) is 7.12. The molecule has 1 saturated carbocycles. The first-order valence-electron chi connectivity index (χ1n) is 12.2. The molecule has 3 fully saturated rings. The van der Waals surface area contributed by atoms with Crippen LogP contribution in [0.4, 0.5) is 4.79 Å². The number of rotatable bonds is 5. The summed E-state index contributed by atoms with van der Waals surface area (Å²) in [6, 6.07) is 9.08. The number of benzene rings is 1. The molecule has 2 aliphatic heterocycles. The molecule has 0 bridgehead atoms. The van der Waals surface area contributed by atoms with Crippen LogP contribution in [0.3, 0.4) is 0 Å². The van der Waals surface area contributed by atoms with Crippen LogP contribution in [0.25, 0.3) is 0 Å². The van der Waals surface area contributed by atoms with Crippen molar-refractivity contribution in [1.82, 2.24) is 9.80 Å². The minimum Gasteiger partial charge on any atom is -0.459 e. The van der Waals surface area contributed by atoms with Gasteiger partial charge in [-0.1, -0.05) is 43.2 Å². The second-order valence-electron chi connectivity index (χ2n) is 10.8. The highest BCUT2D eigenvalue weighted by Crippen LogP contribution is 2.44. The summed E-state index contributed by atoms with van der Waals surface area (Å²) in [5, 5.41) is 0. The molecule has 1 aromatic rings. The van der Waals surface area contributed by atoms with Gasteiger partial charge in [-0.15, -0.1) is 0 Å². The molecule has 2 amide bonds. The second-order valence-corrected chi connectivity index (χ2v) is 10.8. The maximum absolute atomic E-state index is 13.7. The van der Waals surface area contributed by atoms with Crippen LogP contribution in [0.15, 0.2) is 30.3 Å². The first kappa shape index (κ1) is 23.6. The molecule has 0 N–H and O–H groups in total. The van der Waals surface area contributed by atoms with Gasteiger partial charge in [0.05, 0.1) is 5.41 Å². The van der Waals surface area contributed by atoms with E-state index in [1.54, 1.807) is 9.80 Å². The average Bonchev–Trinajstić information content (AvgIpc) is 3.51. The SMILES string of the molecule is CC(C)(C)OC(=O)N1CC[C@]2(CCN(C(C(=O)OCc3ccccc3)C3CCCC3)C2=O)C1. The largest absolute Gasteiger partial charge is 0.459 e. The second kappa shape index (κ2) is 9.35. The summed E-state index contributed by atoms with van der Waals surface area (Å²) >= 11 is 0. The molecule has 7 heteroatoms. The van der Waals surface area contributed by atoms with Gasteiger partial charge in [-0.2, -0.15) is 0 Å². The summed E-state index contributed by atoms with van der Waals surface area (Å²) in [7, 11) is 0. The predicted molar refractivity (Wildman–Crippen MR) is 123 cm³/mol. The fourth-order valence-corrected chi connectivity index (χ4v) is 5.51. The number of likely N-dealkylation sites (tertiary alicyclic amines) is 2. The van der Waals surface area contributed by atoms with Gasteiger partial charge < -0.3 is 19.3 Å². The van der Waals surface area contributed by atoms with E-state index in [-0.39, 0.29) is 30.5 Å². The van der Waals surface area contributed by atoms with E-state index in [9.17, 15) is 14.4 Å². The third-order valence-electron chi connectivity index (χ3n) is 7.20. The quantitative estimate of drug-likeness (QED) is 0.622. The topological polar surface area (TPSA) is 76.2 Å². The van der Waals surface area contributed by atoms with Gasteiger partial charge >= 0.3 is 12.1 Å². The molecule has 2 atom stereocenters. The van der Waals surface area contributed by atoms with Crippen LogP contribution in [-0.2, 0) is 25.7 Å². The Balaban J connectivity index is 1.45. The molecule has 3 aliphatic rings. The van der Waals surface area contributed by atoms with E-state index in [0.717, 1.165) is 31.2 Å². The molecular formula is C26H36N2O5. The zero-order chi connectivity index (χ0) is 23.6. The molecule has 4 rings (SSSR count). The number of esters is 1. The monoisotopic (exact) mass is 456 g/mol. The lowest BCUT2D eigenvalue weighted by atomic mass is 9.85. The zero-order valence-corrected chi connectivity index (χ0v) is 20.0. The summed E-state index contributed by atoms with van der Waals surface area (Å²) in [5.41, 5.74) is -0.258. The molecule has 7 nitrogen and oxygen atoms in total. The summed E-state index contributed by atoms with van der Waals surface area (Å²) in [5.74, 6) is -0.184. The standard InChI is InChI=1S/C26H36N2O5/c1-25(2,3)33-24(31)27-15-13-26(18-27)14-16-28(23(26)30)21(20-11-7-8-12-20)22(29)32-17-19-9-5-4-6-10-19/h4-6,9-10,20-21H,7-8,11-18H2,1-3H3/t21?,26-/m0/s1. The Morgan fingerprint density at radius 1 is 1.09 bits per heavy atom.